The molecule has 0 bridgehead atoms. The third-order valence-corrected chi connectivity index (χ3v) is 10.2. The molecule has 1 aliphatic carbocycles. The molecule has 5 rings (SSSR count). The summed E-state index contributed by atoms with van der Waals surface area (Å²) in [6.07, 6.45) is 2.74. The van der Waals surface area contributed by atoms with Gasteiger partial charge in [0.05, 0.1) is 22.7 Å². The zero-order valence-electron chi connectivity index (χ0n) is 32.1. The van der Waals surface area contributed by atoms with Crippen LogP contribution in [0.1, 0.15) is 121 Å². The van der Waals surface area contributed by atoms with Crippen molar-refractivity contribution in [2.24, 2.45) is 5.92 Å². The van der Waals surface area contributed by atoms with Crippen molar-refractivity contribution in [3.8, 4) is 0 Å². The number of amides is 2. The van der Waals surface area contributed by atoms with E-state index in [1.165, 1.54) is 35.0 Å². The second-order valence-electron chi connectivity index (χ2n) is 15.7. The summed E-state index contributed by atoms with van der Waals surface area (Å²) in [5.41, 5.74) is 2.56. The van der Waals surface area contributed by atoms with Crippen molar-refractivity contribution in [1.82, 2.24) is 30.0 Å². The van der Waals surface area contributed by atoms with Crippen molar-refractivity contribution in [2.45, 2.75) is 110 Å². The molecule has 14 nitrogen and oxygen atoms in total. The minimum atomic E-state index is -4.15. The van der Waals surface area contributed by atoms with Crippen molar-refractivity contribution in [1.29, 1.82) is 0 Å². The number of sulfonamides is 1. The molecule has 0 saturated heterocycles. The van der Waals surface area contributed by atoms with E-state index in [9.17, 15) is 27.6 Å². The van der Waals surface area contributed by atoms with Crippen LogP contribution >= 0.6 is 0 Å². The minimum absolute atomic E-state index is 0.0413. The van der Waals surface area contributed by atoms with E-state index >= 15 is 0 Å². The Bertz CT molecular complexity index is 2220. The van der Waals surface area contributed by atoms with Crippen molar-refractivity contribution < 1.29 is 37.1 Å². The smallest absolute Gasteiger partial charge is 0.338 e. The van der Waals surface area contributed by atoms with E-state index in [2.05, 4.69) is 25.4 Å². The molecule has 0 aliphatic heterocycles. The predicted octanol–water partition coefficient (Wildman–Crippen LogP) is 4.98. The molecule has 0 unspecified atom stereocenters. The number of nitrogens with one attached hydrogen (secondary N) is 3. The molecule has 2 aromatic heterocycles. The van der Waals surface area contributed by atoms with Gasteiger partial charge in [0, 0.05) is 18.7 Å². The number of ether oxygens (including phenoxy) is 2. The van der Waals surface area contributed by atoms with E-state index in [0.717, 1.165) is 16.7 Å². The molecule has 0 saturated carbocycles. The van der Waals surface area contributed by atoms with Crippen LogP contribution in [0, 0.1) is 12.8 Å². The van der Waals surface area contributed by atoms with Crippen molar-refractivity contribution in [3.63, 3.8) is 0 Å². The largest absolute Gasteiger partial charge is 0.459 e. The highest BCUT2D eigenvalue weighted by atomic mass is 32.2. The van der Waals surface area contributed by atoms with E-state index < -0.39 is 51.0 Å². The van der Waals surface area contributed by atoms with Gasteiger partial charge in [0.1, 0.15) is 28.6 Å². The molecular weight excluding hydrogens is 713 g/mol. The summed E-state index contributed by atoms with van der Waals surface area (Å²) >= 11 is 0. The monoisotopic (exact) mass is 760 g/mol. The predicted molar refractivity (Wildman–Crippen MR) is 200 cm³/mol. The molecule has 0 radical (unpaired) electrons. The summed E-state index contributed by atoms with van der Waals surface area (Å²) in [6.45, 7) is 15.8. The lowest BCUT2D eigenvalue weighted by Crippen LogP contribution is -2.47. The summed E-state index contributed by atoms with van der Waals surface area (Å²) < 4.78 is 41.5. The fourth-order valence-electron chi connectivity index (χ4n) is 6.16. The van der Waals surface area contributed by atoms with Crippen LogP contribution in [-0.4, -0.2) is 64.0 Å². The Morgan fingerprint density at radius 3 is 2.31 bits per heavy atom. The van der Waals surface area contributed by atoms with Gasteiger partial charge in [-0.05, 0) is 108 Å². The first kappa shape index (κ1) is 40.0. The minimum Gasteiger partial charge on any atom is -0.459 e. The van der Waals surface area contributed by atoms with E-state index in [1.807, 2.05) is 33.8 Å². The van der Waals surface area contributed by atoms with Gasteiger partial charge in [0.2, 0.25) is 10.0 Å². The summed E-state index contributed by atoms with van der Waals surface area (Å²) in [6, 6.07) is 11.0. The van der Waals surface area contributed by atoms with Crippen molar-refractivity contribution in [2.75, 3.05) is 0 Å². The number of fused-ring (bicyclic) bond motifs is 2. The molecular formula is C39H48N6O8S. The van der Waals surface area contributed by atoms with Crippen molar-refractivity contribution in [3.05, 3.63) is 93.9 Å². The maximum atomic E-state index is 13.8. The Labute approximate surface area is 315 Å². The van der Waals surface area contributed by atoms with E-state index in [1.54, 1.807) is 52.8 Å². The van der Waals surface area contributed by atoms with E-state index in [0.29, 0.717) is 24.0 Å². The van der Waals surface area contributed by atoms with E-state index in [-0.39, 0.29) is 40.4 Å². The molecule has 4 aromatic rings. The number of carbonyl (C=O) groups excluding carboxylic acids is 4. The first-order valence-corrected chi connectivity index (χ1v) is 19.3. The lowest BCUT2D eigenvalue weighted by molar-refractivity contribution is -0.158. The van der Waals surface area contributed by atoms with Crippen LogP contribution in [0.25, 0.3) is 5.65 Å². The molecule has 2 amide bonds. The zero-order valence-corrected chi connectivity index (χ0v) is 32.9. The zero-order chi connectivity index (χ0) is 39.7. The quantitative estimate of drug-likeness (QED) is 0.176. The van der Waals surface area contributed by atoms with Gasteiger partial charge >= 0.3 is 11.9 Å². The molecule has 2 heterocycles. The average molecular weight is 761 g/mol. The molecule has 2 atom stereocenters. The molecule has 0 fully saturated rings. The van der Waals surface area contributed by atoms with Crippen LogP contribution in [0.5, 0.6) is 0 Å². The fourth-order valence-corrected chi connectivity index (χ4v) is 7.56. The number of benzene rings is 2. The van der Waals surface area contributed by atoms with Crippen LogP contribution in [-0.2, 0) is 37.3 Å². The van der Waals surface area contributed by atoms with Crippen LogP contribution in [0.3, 0.4) is 0 Å². The van der Waals surface area contributed by atoms with Gasteiger partial charge in [0.25, 0.3) is 11.8 Å². The number of carbonyl (C=O) groups is 4. The van der Waals surface area contributed by atoms with Crippen LogP contribution < -0.4 is 15.4 Å². The molecule has 2 aromatic carbocycles. The second-order valence-corrected chi connectivity index (χ2v) is 17.4. The van der Waals surface area contributed by atoms with Crippen LogP contribution in [0.4, 0.5) is 0 Å². The maximum absolute atomic E-state index is 13.8. The summed E-state index contributed by atoms with van der Waals surface area (Å²) in [7, 11) is -4.15. The van der Waals surface area contributed by atoms with Crippen LogP contribution in [0.2, 0.25) is 0 Å². The summed E-state index contributed by atoms with van der Waals surface area (Å²) in [4.78, 5) is 57.1. The van der Waals surface area contributed by atoms with Gasteiger partial charge in [-0.25, -0.2) is 22.7 Å². The molecule has 1 aliphatic rings. The summed E-state index contributed by atoms with van der Waals surface area (Å²) in [5.74, 6) is -2.54. The Morgan fingerprint density at radius 1 is 0.944 bits per heavy atom. The van der Waals surface area contributed by atoms with Gasteiger partial charge in [-0.3, -0.25) is 14.4 Å². The standard InChI is InChI=1S/C39H48N6O8S/c1-22(2)33(37(49)53-39(7,8)9)44-54(50,51)25-12-10-11-24(19-25)21-40-34(46)30-20-31(45-32(42-30)17-18-41-45)35(47)43-29-16-15-26-23(3)27(13-14-28(26)29)36(48)52-38(4,5)6/h10-14,17-20,22,29,33,44H,15-16,21H2,1-9H3,(H,40,46)(H,43,47)/t29-,33-/m0/s1. The highest BCUT2D eigenvalue weighted by Gasteiger charge is 2.33. The molecule has 3 N–H and O–H groups in total. The Morgan fingerprint density at radius 2 is 1.65 bits per heavy atom. The number of nitrogens with zero attached hydrogens (tertiary/aromatic N) is 3. The number of aromatic nitrogens is 3. The van der Waals surface area contributed by atoms with Gasteiger partial charge < -0.3 is 20.1 Å². The number of rotatable bonds is 11. The lowest BCUT2D eigenvalue weighted by atomic mass is 9.97. The number of hydrogen-bond acceptors (Lipinski definition) is 10. The highest BCUT2D eigenvalue weighted by molar-refractivity contribution is 7.89. The Kier molecular flexibility index (Phi) is 11.3. The first-order valence-electron chi connectivity index (χ1n) is 17.8. The molecule has 288 valence electrons. The number of hydrogen-bond donors (Lipinski definition) is 3. The summed E-state index contributed by atoms with van der Waals surface area (Å²) in [5, 5.41) is 10.1. The third-order valence-electron chi connectivity index (χ3n) is 8.71. The Hall–Kier alpha value is -5.15. The SMILES string of the molecule is Cc1c(C(=O)OC(C)(C)C)ccc2c1CC[C@@H]2NC(=O)c1cc(C(=O)NCc2cccc(S(=O)(=O)N[C@H](C(=O)OC(C)(C)C)C(C)C)c2)nc2ccnn12. The van der Waals surface area contributed by atoms with Gasteiger partial charge in [0.15, 0.2) is 5.65 Å². The Balaban J connectivity index is 1.30. The number of esters is 2. The molecule has 0 spiro atoms. The topological polar surface area (TPSA) is 187 Å². The normalized spacial score (nSPS) is 15.1. The fraction of sp³-hybridized carbons (Fsp3) is 0.436. The molecule has 54 heavy (non-hydrogen) atoms. The maximum Gasteiger partial charge on any atom is 0.338 e. The van der Waals surface area contributed by atoms with Crippen molar-refractivity contribution >= 4 is 39.4 Å². The lowest BCUT2D eigenvalue weighted by Gasteiger charge is -2.26. The van der Waals surface area contributed by atoms with Gasteiger partial charge in [-0.1, -0.05) is 32.0 Å². The first-order chi connectivity index (χ1) is 25.1. The van der Waals surface area contributed by atoms with Gasteiger partial charge in [-0.2, -0.15) is 9.82 Å². The third kappa shape index (κ3) is 9.31. The van der Waals surface area contributed by atoms with Gasteiger partial charge in [-0.15, -0.1) is 0 Å². The van der Waals surface area contributed by atoms with Crippen LogP contribution in [0.15, 0.2) is 59.6 Å². The second kappa shape index (κ2) is 15.3. The molecule has 15 heteroatoms. The highest BCUT2D eigenvalue weighted by Crippen LogP contribution is 2.35. The van der Waals surface area contributed by atoms with E-state index in [4.69, 9.17) is 9.47 Å². The average Bonchev–Trinajstić information content (AvgIpc) is 3.72.